The van der Waals surface area contributed by atoms with Gasteiger partial charge >= 0.3 is 0 Å². The molecule has 14 rings (SSSR count). The molecular weight excluding hydrogens is 945 g/mol. The van der Waals surface area contributed by atoms with Gasteiger partial charge in [-0.3, -0.25) is 9.80 Å². The van der Waals surface area contributed by atoms with Gasteiger partial charge in [-0.05, 0) is 104 Å². The van der Waals surface area contributed by atoms with Gasteiger partial charge in [0.25, 0.3) is 0 Å². The number of fused-ring (bicyclic) bond motifs is 9. The summed E-state index contributed by atoms with van der Waals surface area (Å²) in [6, 6.07) is 90.7. The lowest BCUT2D eigenvalue weighted by Gasteiger charge is -2.39. The van der Waals surface area contributed by atoms with Gasteiger partial charge in [-0.2, -0.15) is 0 Å². The molecule has 2 aromatic heterocycles. The van der Waals surface area contributed by atoms with Crippen LogP contribution >= 0.6 is 0 Å². The number of hydrogen-bond donors (Lipinski definition) is 0. The van der Waals surface area contributed by atoms with Crippen LogP contribution in [0.4, 0.5) is 17.1 Å². The van der Waals surface area contributed by atoms with Gasteiger partial charge in [-0.25, -0.2) is 0 Å². The molecule has 12 aromatic rings. The van der Waals surface area contributed by atoms with Gasteiger partial charge in [-0.1, -0.05) is 237 Å². The van der Waals surface area contributed by atoms with E-state index in [9.17, 15) is 0 Å². The lowest BCUT2D eigenvalue weighted by molar-refractivity contribution is 0.922. The summed E-state index contributed by atoms with van der Waals surface area (Å²) in [6.45, 7) is 6.39. The van der Waals surface area contributed by atoms with Crippen molar-refractivity contribution >= 4 is 66.2 Å². The molecule has 4 nitrogen and oxygen atoms in total. The average Bonchev–Trinajstić information content (AvgIpc) is 4.08. The summed E-state index contributed by atoms with van der Waals surface area (Å²) in [4.78, 5) is 4.63. The topological polar surface area (TPSA) is 16.3 Å². The maximum Gasteiger partial charge on any atom is 0.168 e. The molecule has 4 heterocycles. The normalized spacial score (nSPS) is 12.8. The summed E-state index contributed by atoms with van der Waals surface area (Å²) in [6.07, 6.45) is 13.2. The SMILES string of the molecule is C/C=C\C=C/C1=CN(c2cccc(-n3c4ccccc4c4c3ccc3c5ccccc5n(-c5ccc(C)cc5)c34)c2)C2=C=C1c1ccccc1N2c1ccccc1.CCCc1ccccc1.c1ccc(-c2ccccc2)cc1. The zero-order valence-corrected chi connectivity index (χ0v) is 44.3. The van der Waals surface area contributed by atoms with Crippen molar-refractivity contribution in [3.05, 3.63) is 319 Å². The Kier molecular flexibility index (Phi) is 13.9. The standard InChI is InChI=1S/C53H38N4.C12H10.C9H12/c1-3-4-6-16-37-35-54(51-34-46(37)43-22-10-12-24-47(43)56(51)38-17-7-5-8-18-38)40-19-15-20-41(33-40)55-49-26-14-11-23-45(49)52-50(55)32-31-44-42-21-9-13-25-48(42)57(53(44)52)39-29-27-36(2)28-30-39;1-3-7-11(8-4-1)12-9-5-2-6-10-12;1-2-6-9-7-4-3-5-8-9/h3-33,35H,1-2H3;1-10H;3-5,7-8H,2,6H2,1H3/b4-3-,16-6-;;. The quantitative estimate of drug-likeness (QED) is 0.106. The number of aryl methyl sites for hydroxylation is 2. The maximum atomic E-state index is 3.89. The lowest BCUT2D eigenvalue weighted by atomic mass is 9.92. The summed E-state index contributed by atoms with van der Waals surface area (Å²) < 4.78 is 4.89. The van der Waals surface area contributed by atoms with Gasteiger partial charge in [0.1, 0.15) is 0 Å². The summed E-state index contributed by atoms with van der Waals surface area (Å²) in [7, 11) is 0. The Labute approximate surface area is 458 Å². The molecule has 2 bridgehead atoms. The molecule has 0 saturated carbocycles. The number of hydrogen-bond acceptors (Lipinski definition) is 2. The molecule has 10 aromatic carbocycles. The summed E-state index contributed by atoms with van der Waals surface area (Å²) in [5.41, 5.74) is 22.8. The largest absolute Gasteiger partial charge is 0.309 e. The Morgan fingerprint density at radius 1 is 0.462 bits per heavy atom. The van der Waals surface area contributed by atoms with E-state index in [1.54, 1.807) is 0 Å². The van der Waals surface area contributed by atoms with Crippen molar-refractivity contribution in [2.45, 2.75) is 33.6 Å². The second-order valence-corrected chi connectivity index (χ2v) is 19.7. The minimum absolute atomic E-state index is 0.960. The third-order valence-electron chi connectivity index (χ3n) is 14.6. The van der Waals surface area contributed by atoms with Crippen LogP contribution in [0.3, 0.4) is 0 Å². The average molecular weight is 1010 g/mol. The molecule has 0 unspecified atom stereocenters. The number of rotatable bonds is 9. The number of benzene rings is 10. The lowest BCUT2D eigenvalue weighted by Crippen LogP contribution is -2.33. The highest BCUT2D eigenvalue weighted by Gasteiger charge is 2.32. The molecular formula is C74H60N4. The first-order valence-corrected chi connectivity index (χ1v) is 27.1. The van der Waals surface area contributed by atoms with E-state index in [0.29, 0.717) is 0 Å². The van der Waals surface area contributed by atoms with E-state index in [2.05, 4.69) is 312 Å². The van der Waals surface area contributed by atoms with Crippen molar-refractivity contribution in [1.82, 2.24) is 9.13 Å². The van der Waals surface area contributed by atoms with Gasteiger partial charge in [0, 0.05) is 67.2 Å². The maximum absolute atomic E-state index is 3.89. The first kappa shape index (κ1) is 49.0. The molecule has 0 N–H and O–H groups in total. The minimum Gasteiger partial charge on any atom is -0.309 e. The predicted octanol–water partition coefficient (Wildman–Crippen LogP) is 19.7. The first-order valence-electron chi connectivity index (χ1n) is 27.1. The second kappa shape index (κ2) is 22.2. The van der Waals surface area contributed by atoms with E-state index < -0.39 is 0 Å². The smallest absolute Gasteiger partial charge is 0.168 e. The van der Waals surface area contributed by atoms with Crippen LogP contribution in [-0.2, 0) is 6.42 Å². The molecule has 0 spiro atoms. The van der Waals surface area contributed by atoms with E-state index in [4.69, 9.17) is 0 Å². The fraction of sp³-hybridized carbons (Fsp3) is 0.0676. The van der Waals surface area contributed by atoms with E-state index >= 15 is 0 Å². The van der Waals surface area contributed by atoms with Crippen molar-refractivity contribution in [2.24, 2.45) is 0 Å². The van der Waals surface area contributed by atoms with Gasteiger partial charge in [0.05, 0.1) is 27.8 Å². The van der Waals surface area contributed by atoms with Crippen molar-refractivity contribution < 1.29 is 0 Å². The van der Waals surface area contributed by atoms with Gasteiger partial charge < -0.3 is 9.13 Å². The Hall–Kier alpha value is -9.86. The molecule has 0 fully saturated rings. The summed E-state index contributed by atoms with van der Waals surface area (Å²) in [5.74, 6) is 0.960. The number of nitrogens with zero attached hydrogens (tertiary/aromatic N) is 4. The van der Waals surface area contributed by atoms with E-state index in [1.807, 2.05) is 19.1 Å². The van der Waals surface area contributed by atoms with Crippen molar-refractivity contribution in [3.8, 4) is 22.5 Å². The molecule has 78 heavy (non-hydrogen) atoms. The molecule has 0 amide bonds. The van der Waals surface area contributed by atoms with E-state index in [1.165, 1.54) is 78.7 Å². The zero-order chi connectivity index (χ0) is 52.8. The Morgan fingerprint density at radius 3 is 1.74 bits per heavy atom. The first-order chi connectivity index (χ1) is 38.6. The highest BCUT2D eigenvalue weighted by atomic mass is 15.3. The Balaban J connectivity index is 0.000000241. The molecule has 0 aliphatic carbocycles. The van der Waals surface area contributed by atoms with Crippen LogP contribution in [0.5, 0.6) is 0 Å². The van der Waals surface area contributed by atoms with Gasteiger partial charge in [0.15, 0.2) is 5.82 Å². The summed E-state index contributed by atoms with van der Waals surface area (Å²) in [5, 5.41) is 4.97. The monoisotopic (exact) mass is 1000 g/mol. The minimum atomic E-state index is 0.960. The fourth-order valence-corrected chi connectivity index (χ4v) is 11.0. The molecule has 2 aliphatic rings. The van der Waals surface area contributed by atoms with Crippen LogP contribution < -0.4 is 9.80 Å². The van der Waals surface area contributed by atoms with Crippen LogP contribution in [0.2, 0.25) is 0 Å². The number of aromatic nitrogens is 2. The van der Waals surface area contributed by atoms with Crippen LogP contribution in [-0.4, -0.2) is 9.13 Å². The zero-order valence-electron chi connectivity index (χ0n) is 44.3. The Morgan fingerprint density at radius 2 is 1.05 bits per heavy atom. The second-order valence-electron chi connectivity index (χ2n) is 19.7. The van der Waals surface area contributed by atoms with Crippen molar-refractivity contribution in [3.63, 3.8) is 0 Å². The summed E-state index contributed by atoms with van der Waals surface area (Å²) >= 11 is 0. The van der Waals surface area contributed by atoms with Crippen LogP contribution in [0.1, 0.15) is 37.0 Å². The highest BCUT2D eigenvalue weighted by molar-refractivity contribution is 6.26. The fourth-order valence-electron chi connectivity index (χ4n) is 11.0. The van der Waals surface area contributed by atoms with Crippen LogP contribution in [0.25, 0.3) is 71.7 Å². The van der Waals surface area contributed by atoms with Crippen molar-refractivity contribution in [2.75, 3.05) is 9.80 Å². The van der Waals surface area contributed by atoms with Gasteiger partial charge in [0.2, 0.25) is 0 Å². The van der Waals surface area contributed by atoms with E-state index in [0.717, 1.165) is 51.0 Å². The van der Waals surface area contributed by atoms with Gasteiger partial charge in [-0.15, -0.1) is 0 Å². The van der Waals surface area contributed by atoms with Crippen molar-refractivity contribution in [1.29, 1.82) is 0 Å². The van der Waals surface area contributed by atoms with Crippen LogP contribution in [0.15, 0.2) is 302 Å². The highest BCUT2D eigenvalue weighted by Crippen LogP contribution is 2.47. The third-order valence-corrected chi connectivity index (χ3v) is 14.6. The number of allylic oxidation sites excluding steroid dienone is 6. The molecule has 0 atom stereocenters. The van der Waals surface area contributed by atoms with E-state index in [-0.39, 0.29) is 0 Å². The Bertz CT molecular complexity index is 4210. The predicted molar refractivity (Wildman–Crippen MR) is 332 cm³/mol. The third kappa shape index (κ3) is 9.47. The molecule has 0 radical (unpaired) electrons. The molecule has 2 aliphatic heterocycles. The van der Waals surface area contributed by atoms with Crippen LogP contribution in [0, 0.1) is 6.92 Å². The number of para-hydroxylation sites is 4. The molecule has 4 heteroatoms. The molecule has 0 saturated heterocycles. The number of anilines is 3. The molecule has 376 valence electrons.